The Morgan fingerprint density at radius 3 is 2.50 bits per heavy atom. The lowest BCUT2D eigenvalue weighted by molar-refractivity contribution is 0.0993. The number of hydrogen-bond donors (Lipinski definition) is 1. The van der Waals surface area contributed by atoms with Gasteiger partial charge in [0.25, 0.3) is 0 Å². The summed E-state index contributed by atoms with van der Waals surface area (Å²) in [4.78, 5) is 11.4. The highest BCUT2D eigenvalue weighted by Gasteiger charge is 2.03. The van der Waals surface area contributed by atoms with Gasteiger partial charge in [0.2, 0.25) is 0 Å². The average molecular weight is 193 g/mol. The highest BCUT2D eigenvalue weighted by molar-refractivity contribution is 5.97. The minimum absolute atomic E-state index is 0.0931. The van der Waals surface area contributed by atoms with Gasteiger partial charge in [-0.1, -0.05) is 0 Å². The fourth-order valence-electron chi connectivity index (χ4n) is 1.17. The van der Waals surface area contributed by atoms with E-state index in [-0.39, 0.29) is 5.78 Å². The third-order valence-corrected chi connectivity index (χ3v) is 1.82. The summed E-state index contributed by atoms with van der Waals surface area (Å²) < 4.78 is 5.27. The molecule has 0 aliphatic carbocycles. The lowest BCUT2D eigenvalue weighted by atomic mass is 10.1. The molecule has 1 aromatic rings. The van der Waals surface area contributed by atoms with Gasteiger partial charge in [-0.05, 0) is 38.2 Å². The Labute approximate surface area is 84.1 Å². The quantitative estimate of drug-likeness (QED) is 0.720. The van der Waals surface area contributed by atoms with Gasteiger partial charge in [0, 0.05) is 5.56 Å². The molecule has 0 saturated heterocycles. The van der Waals surface area contributed by atoms with Crippen LogP contribution < -0.4 is 10.1 Å². The van der Waals surface area contributed by atoms with E-state index in [1.54, 1.807) is 19.2 Å². The molecular weight excluding hydrogens is 178 g/mol. The van der Waals surface area contributed by atoms with Crippen molar-refractivity contribution in [3.05, 3.63) is 29.8 Å². The summed E-state index contributed by atoms with van der Waals surface area (Å²) in [5, 5.41) is 2.82. The molecule has 0 amide bonds. The number of Topliss-reactive ketones (excluding diaryl/α,β-unsaturated/α-hetero) is 1. The number of nitrogens with one attached hydrogen (secondary N) is 1. The minimum Gasteiger partial charge on any atom is -0.494 e. The second kappa shape index (κ2) is 5.40. The van der Waals surface area contributed by atoms with Crippen LogP contribution in [0.2, 0.25) is 0 Å². The summed E-state index contributed by atoms with van der Waals surface area (Å²) >= 11 is 0. The summed E-state index contributed by atoms with van der Waals surface area (Å²) in [5.41, 5.74) is 0.711. The van der Waals surface area contributed by atoms with Crippen molar-refractivity contribution >= 4 is 5.78 Å². The Kier molecular flexibility index (Phi) is 4.13. The van der Waals surface area contributed by atoms with Gasteiger partial charge < -0.3 is 10.1 Å². The van der Waals surface area contributed by atoms with E-state index in [0.29, 0.717) is 18.7 Å². The first-order valence-corrected chi connectivity index (χ1v) is 4.68. The highest BCUT2D eigenvalue weighted by Crippen LogP contribution is 2.12. The molecule has 0 aliphatic rings. The molecular formula is C11H15NO2. The molecule has 0 radical (unpaired) electrons. The van der Waals surface area contributed by atoms with Crippen LogP contribution in [0.15, 0.2) is 24.3 Å². The summed E-state index contributed by atoms with van der Waals surface area (Å²) in [6, 6.07) is 7.19. The molecule has 0 aliphatic heterocycles. The van der Waals surface area contributed by atoms with Crippen LogP contribution in [0.1, 0.15) is 17.3 Å². The predicted molar refractivity (Wildman–Crippen MR) is 55.9 cm³/mol. The molecule has 0 saturated carbocycles. The van der Waals surface area contributed by atoms with E-state index in [0.717, 1.165) is 5.75 Å². The van der Waals surface area contributed by atoms with Crippen LogP contribution in [0.3, 0.4) is 0 Å². The largest absolute Gasteiger partial charge is 0.494 e. The second-order valence-electron chi connectivity index (χ2n) is 2.91. The Bertz CT molecular complexity index is 293. The van der Waals surface area contributed by atoms with Crippen molar-refractivity contribution in [1.82, 2.24) is 5.32 Å². The molecule has 0 aromatic heterocycles. The maximum absolute atomic E-state index is 11.4. The zero-order valence-corrected chi connectivity index (χ0v) is 8.54. The third-order valence-electron chi connectivity index (χ3n) is 1.82. The molecule has 1 rings (SSSR count). The number of likely N-dealkylation sites (N-methyl/N-ethyl adjacent to an activating group) is 1. The summed E-state index contributed by atoms with van der Waals surface area (Å²) in [5.74, 6) is 0.893. The van der Waals surface area contributed by atoms with Crippen molar-refractivity contribution in [1.29, 1.82) is 0 Å². The number of benzene rings is 1. The zero-order valence-electron chi connectivity index (χ0n) is 8.54. The molecule has 3 nitrogen and oxygen atoms in total. The summed E-state index contributed by atoms with van der Waals surface area (Å²) in [6.07, 6.45) is 0. The van der Waals surface area contributed by atoms with Crippen LogP contribution in [0.5, 0.6) is 5.75 Å². The zero-order chi connectivity index (χ0) is 10.4. The van der Waals surface area contributed by atoms with Crippen molar-refractivity contribution in [2.24, 2.45) is 0 Å². The fraction of sp³-hybridized carbons (Fsp3) is 0.364. The van der Waals surface area contributed by atoms with Gasteiger partial charge in [-0.25, -0.2) is 0 Å². The van der Waals surface area contributed by atoms with Gasteiger partial charge in [-0.3, -0.25) is 4.79 Å². The molecule has 1 aromatic carbocycles. The van der Waals surface area contributed by atoms with Gasteiger partial charge in [-0.2, -0.15) is 0 Å². The Hall–Kier alpha value is -1.35. The Balaban J connectivity index is 2.67. The van der Waals surface area contributed by atoms with Crippen LogP contribution in [0.4, 0.5) is 0 Å². The van der Waals surface area contributed by atoms with Crippen LogP contribution in [0.25, 0.3) is 0 Å². The van der Waals surface area contributed by atoms with E-state index in [9.17, 15) is 4.79 Å². The van der Waals surface area contributed by atoms with Crippen LogP contribution in [-0.4, -0.2) is 26.0 Å². The van der Waals surface area contributed by atoms with Crippen molar-refractivity contribution in [2.45, 2.75) is 6.92 Å². The number of carbonyl (C=O) groups is 1. The first-order chi connectivity index (χ1) is 6.77. The van der Waals surface area contributed by atoms with Gasteiger partial charge >= 0.3 is 0 Å². The highest BCUT2D eigenvalue weighted by atomic mass is 16.5. The second-order valence-corrected chi connectivity index (χ2v) is 2.91. The first kappa shape index (κ1) is 10.7. The third kappa shape index (κ3) is 2.85. The number of rotatable bonds is 5. The van der Waals surface area contributed by atoms with Crippen molar-refractivity contribution in [3.63, 3.8) is 0 Å². The normalized spacial score (nSPS) is 9.86. The topological polar surface area (TPSA) is 38.3 Å². The van der Waals surface area contributed by atoms with E-state index >= 15 is 0 Å². The summed E-state index contributed by atoms with van der Waals surface area (Å²) in [6.45, 7) is 2.94. The van der Waals surface area contributed by atoms with Gasteiger partial charge in [-0.15, -0.1) is 0 Å². The molecule has 0 fully saturated rings. The van der Waals surface area contributed by atoms with E-state index < -0.39 is 0 Å². The lowest BCUT2D eigenvalue weighted by Gasteiger charge is -2.03. The predicted octanol–water partition coefficient (Wildman–Crippen LogP) is 1.49. The maximum Gasteiger partial charge on any atom is 0.176 e. The molecule has 0 atom stereocenters. The fourth-order valence-corrected chi connectivity index (χ4v) is 1.17. The van der Waals surface area contributed by atoms with Crippen LogP contribution in [0, 0.1) is 0 Å². The smallest absolute Gasteiger partial charge is 0.176 e. The molecule has 0 heterocycles. The number of ketones is 1. The number of carbonyl (C=O) groups excluding carboxylic acids is 1. The summed E-state index contributed by atoms with van der Waals surface area (Å²) in [7, 11) is 1.76. The SMILES string of the molecule is CCOc1ccc(C(=O)CNC)cc1. The van der Waals surface area contributed by atoms with E-state index in [2.05, 4.69) is 5.32 Å². The number of hydrogen-bond acceptors (Lipinski definition) is 3. The van der Waals surface area contributed by atoms with Crippen LogP contribution >= 0.6 is 0 Å². The number of ether oxygens (including phenoxy) is 1. The molecule has 1 N–H and O–H groups in total. The Morgan fingerprint density at radius 2 is 2.00 bits per heavy atom. The molecule has 76 valence electrons. The van der Waals surface area contributed by atoms with Crippen molar-refractivity contribution < 1.29 is 9.53 Å². The molecule has 14 heavy (non-hydrogen) atoms. The van der Waals surface area contributed by atoms with Crippen molar-refractivity contribution in [2.75, 3.05) is 20.2 Å². The van der Waals surface area contributed by atoms with Crippen LogP contribution in [-0.2, 0) is 0 Å². The standard InChI is InChI=1S/C11H15NO2/c1-3-14-10-6-4-9(5-7-10)11(13)8-12-2/h4-7,12H,3,8H2,1-2H3. The maximum atomic E-state index is 11.4. The van der Waals surface area contributed by atoms with E-state index in [1.165, 1.54) is 0 Å². The van der Waals surface area contributed by atoms with Gasteiger partial charge in [0.15, 0.2) is 5.78 Å². The molecule has 3 heteroatoms. The van der Waals surface area contributed by atoms with Crippen molar-refractivity contribution in [3.8, 4) is 5.75 Å². The van der Waals surface area contributed by atoms with E-state index in [4.69, 9.17) is 4.74 Å². The minimum atomic E-state index is 0.0931. The average Bonchev–Trinajstić information content (AvgIpc) is 2.20. The Morgan fingerprint density at radius 1 is 1.36 bits per heavy atom. The van der Waals surface area contributed by atoms with E-state index in [1.807, 2.05) is 19.1 Å². The molecule has 0 unspecified atom stereocenters. The van der Waals surface area contributed by atoms with Gasteiger partial charge in [0.1, 0.15) is 5.75 Å². The van der Waals surface area contributed by atoms with Gasteiger partial charge in [0.05, 0.1) is 13.2 Å². The lowest BCUT2D eigenvalue weighted by Crippen LogP contribution is -2.18. The molecule has 0 bridgehead atoms. The first-order valence-electron chi connectivity index (χ1n) is 4.68. The monoisotopic (exact) mass is 193 g/mol. The molecule has 0 spiro atoms.